The Kier molecular flexibility index (Phi) is 3.80. The van der Waals surface area contributed by atoms with Crippen LogP contribution in [0.15, 0.2) is 34.9 Å². The van der Waals surface area contributed by atoms with Gasteiger partial charge in [-0.25, -0.2) is 0 Å². The molecule has 1 aromatic carbocycles. The summed E-state index contributed by atoms with van der Waals surface area (Å²) in [4.78, 5) is 23.9. The second kappa shape index (κ2) is 6.11. The zero-order valence-electron chi connectivity index (χ0n) is 13.2. The molecule has 1 aromatic heterocycles. The van der Waals surface area contributed by atoms with Crippen LogP contribution in [-0.4, -0.2) is 23.0 Å². The van der Waals surface area contributed by atoms with Crippen molar-refractivity contribution in [3.05, 3.63) is 47.3 Å². The minimum Gasteiger partial charge on any atom is -0.353 e. The Morgan fingerprint density at radius 3 is 2.54 bits per heavy atom. The molecule has 0 spiro atoms. The third kappa shape index (κ3) is 3.64. The molecule has 2 aliphatic carbocycles. The minimum atomic E-state index is -0.311. The van der Waals surface area contributed by atoms with Crippen molar-refractivity contribution in [3.8, 4) is 0 Å². The lowest BCUT2D eigenvalue weighted by molar-refractivity contribution is -0.120. The molecular weight excluding hydrogens is 306 g/mol. The summed E-state index contributed by atoms with van der Waals surface area (Å²) in [5.41, 5.74) is 2.44. The smallest absolute Gasteiger partial charge is 0.294 e. The molecule has 0 bridgehead atoms. The van der Waals surface area contributed by atoms with Crippen LogP contribution >= 0.6 is 0 Å². The number of anilines is 1. The number of benzene rings is 1. The molecule has 1 heterocycles. The zero-order valence-corrected chi connectivity index (χ0v) is 13.2. The summed E-state index contributed by atoms with van der Waals surface area (Å²) in [5, 5.41) is 9.68. The fourth-order valence-electron chi connectivity index (χ4n) is 2.56. The number of hydrogen-bond donors (Lipinski definition) is 2. The van der Waals surface area contributed by atoms with E-state index in [1.54, 1.807) is 18.2 Å². The summed E-state index contributed by atoms with van der Waals surface area (Å²) in [6, 6.07) is 9.35. The molecule has 4 rings (SSSR count). The summed E-state index contributed by atoms with van der Waals surface area (Å²) in [7, 11) is 0. The summed E-state index contributed by atoms with van der Waals surface area (Å²) in [6.07, 6.45) is 4.76. The van der Waals surface area contributed by atoms with Gasteiger partial charge in [0, 0.05) is 23.7 Å². The van der Waals surface area contributed by atoms with Crippen molar-refractivity contribution in [2.75, 3.05) is 5.32 Å². The third-order valence-corrected chi connectivity index (χ3v) is 4.27. The van der Waals surface area contributed by atoms with Gasteiger partial charge in [-0.1, -0.05) is 17.3 Å². The van der Waals surface area contributed by atoms with Crippen LogP contribution in [0.25, 0.3) is 0 Å². The first-order chi connectivity index (χ1) is 11.7. The van der Waals surface area contributed by atoms with Crippen molar-refractivity contribution in [1.82, 2.24) is 10.5 Å². The van der Waals surface area contributed by atoms with Gasteiger partial charge in [0.2, 0.25) is 11.7 Å². The molecule has 0 atom stereocenters. The van der Waals surface area contributed by atoms with Gasteiger partial charge in [-0.3, -0.25) is 9.59 Å². The highest BCUT2D eigenvalue weighted by molar-refractivity contribution is 6.02. The number of rotatable bonds is 6. The number of nitrogens with zero attached hydrogens (tertiary/aromatic N) is 1. The molecule has 0 saturated heterocycles. The van der Waals surface area contributed by atoms with Crippen LogP contribution < -0.4 is 10.6 Å². The summed E-state index contributed by atoms with van der Waals surface area (Å²) in [6.45, 7) is 0. The van der Waals surface area contributed by atoms with Crippen molar-refractivity contribution in [2.24, 2.45) is 0 Å². The monoisotopic (exact) mass is 325 g/mol. The SMILES string of the molecule is O=C(Cc1ccc(NC(=O)c2cc(C3CC3)no2)cc1)NC1CC1. The van der Waals surface area contributed by atoms with E-state index in [2.05, 4.69) is 15.8 Å². The fraction of sp³-hybridized carbons (Fsp3) is 0.389. The van der Waals surface area contributed by atoms with Crippen LogP contribution in [-0.2, 0) is 11.2 Å². The second-order valence-corrected chi connectivity index (χ2v) is 6.56. The number of aromatic nitrogens is 1. The van der Waals surface area contributed by atoms with Gasteiger partial charge in [0.25, 0.3) is 5.91 Å². The van der Waals surface area contributed by atoms with E-state index >= 15 is 0 Å². The third-order valence-electron chi connectivity index (χ3n) is 4.27. The predicted octanol–water partition coefficient (Wildman–Crippen LogP) is 2.63. The van der Waals surface area contributed by atoms with Gasteiger partial charge in [0.15, 0.2) is 0 Å². The van der Waals surface area contributed by atoms with Crippen LogP contribution in [0.1, 0.15) is 53.4 Å². The van der Waals surface area contributed by atoms with Crippen LogP contribution in [0.4, 0.5) is 5.69 Å². The van der Waals surface area contributed by atoms with Crippen LogP contribution in [0, 0.1) is 0 Å². The van der Waals surface area contributed by atoms with Gasteiger partial charge in [-0.2, -0.15) is 0 Å². The lowest BCUT2D eigenvalue weighted by atomic mass is 10.1. The maximum Gasteiger partial charge on any atom is 0.294 e. The molecule has 0 aliphatic heterocycles. The van der Waals surface area contributed by atoms with E-state index in [0.717, 1.165) is 36.9 Å². The highest BCUT2D eigenvalue weighted by Crippen LogP contribution is 2.39. The lowest BCUT2D eigenvalue weighted by Gasteiger charge is -2.06. The number of carbonyl (C=O) groups is 2. The van der Waals surface area contributed by atoms with Crippen molar-refractivity contribution in [2.45, 2.75) is 44.1 Å². The van der Waals surface area contributed by atoms with E-state index < -0.39 is 0 Å². The summed E-state index contributed by atoms with van der Waals surface area (Å²) < 4.78 is 5.10. The van der Waals surface area contributed by atoms with E-state index in [4.69, 9.17) is 4.52 Å². The van der Waals surface area contributed by atoms with Crippen LogP contribution in [0.5, 0.6) is 0 Å². The van der Waals surface area contributed by atoms with Gasteiger partial charge >= 0.3 is 0 Å². The number of hydrogen-bond acceptors (Lipinski definition) is 4. The van der Waals surface area contributed by atoms with Crippen molar-refractivity contribution < 1.29 is 14.1 Å². The van der Waals surface area contributed by atoms with Crippen molar-refractivity contribution >= 4 is 17.5 Å². The molecule has 2 N–H and O–H groups in total. The zero-order chi connectivity index (χ0) is 16.5. The van der Waals surface area contributed by atoms with Gasteiger partial charge in [0.1, 0.15) is 0 Å². The molecular formula is C18H19N3O3. The van der Waals surface area contributed by atoms with Gasteiger partial charge in [0.05, 0.1) is 12.1 Å². The Morgan fingerprint density at radius 1 is 1.12 bits per heavy atom. The highest BCUT2D eigenvalue weighted by atomic mass is 16.5. The molecule has 0 unspecified atom stereocenters. The van der Waals surface area contributed by atoms with E-state index in [1.807, 2.05) is 12.1 Å². The Hall–Kier alpha value is -2.63. The maximum atomic E-state index is 12.2. The van der Waals surface area contributed by atoms with Gasteiger partial charge < -0.3 is 15.2 Å². The average molecular weight is 325 g/mol. The molecule has 0 radical (unpaired) electrons. The quantitative estimate of drug-likeness (QED) is 0.855. The fourth-order valence-corrected chi connectivity index (χ4v) is 2.56. The Labute approximate surface area is 139 Å². The number of nitrogens with one attached hydrogen (secondary N) is 2. The second-order valence-electron chi connectivity index (χ2n) is 6.56. The number of carbonyl (C=O) groups excluding carboxylic acids is 2. The van der Waals surface area contributed by atoms with Crippen molar-refractivity contribution in [1.29, 1.82) is 0 Å². The molecule has 6 heteroatoms. The molecule has 6 nitrogen and oxygen atoms in total. The molecule has 124 valence electrons. The largest absolute Gasteiger partial charge is 0.353 e. The molecule has 2 aliphatic rings. The van der Waals surface area contributed by atoms with E-state index in [0.29, 0.717) is 24.1 Å². The Bertz CT molecular complexity index is 758. The molecule has 2 fully saturated rings. The summed E-state index contributed by atoms with van der Waals surface area (Å²) in [5.74, 6) is 0.415. The van der Waals surface area contributed by atoms with Gasteiger partial charge in [-0.05, 0) is 43.4 Å². The van der Waals surface area contributed by atoms with E-state index in [1.165, 1.54) is 0 Å². The first kappa shape index (κ1) is 14.9. The Morgan fingerprint density at radius 2 is 1.88 bits per heavy atom. The van der Waals surface area contributed by atoms with E-state index in [9.17, 15) is 9.59 Å². The Balaban J connectivity index is 1.33. The normalized spacial score (nSPS) is 16.7. The first-order valence-corrected chi connectivity index (χ1v) is 8.33. The molecule has 24 heavy (non-hydrogen) atoms. The topological polar surface area (TPSA) is 84.2 Å². The molecule has 2 saturated carbocycles. The number of amides is 2. The van der Waals surface area contributed by atoms with Crippen LogP contribution in [0.2, 0.25) is 0 Å². The van der Waals surface area contributed by atoms with Crippen LogP contribution in [0.3, 0.4) is 0 Å². The first-order valence-electron chi connectivity index (χ1n) is 8.33. The molecule has 2 amide bonds. The predicted molar refractivity (Wildman–Crippen MR) is 87.7 cm³/mol. The highest BCUT2D eigenvalue weighted by Gasteiger charge is 2.28. The van der Waals surface area contributed by atoms with E-state index in [-0.39, 0.29) is 17.6 Å². The minimum absolute atomic E-state index is 0.0450. The standard InChI is InChI=1S/C18H19N3O3/c22-17(19-13-7-8-13)9-11-1-5-14(6-2-11)20-18(23)16-10-15(21-24-16)12-3-4-12/h1-2,5-6,10,12-13H,3-4,7-9H2,(H,19,22)(H,20,23). The molecule has 2 aromatic rings. The lowest BCUT2D eigenvalue weighted by Crippen LogP contribution is -2.26. The summed E-state index contributed by atoms with van der Waals surface area (Å²) >= 11 is 0. The van der Waals surface area contributed by atoms with Crippen molar-refractivity contribution in [3.63, 3.8) is 0 Å². The maximum absolute atomic E-state index is 12.2. The van der Waals surface area contributed by atoms with Gasteiger partial charge in [-0.15, -0.1) is 0 Å². The average Bonchev–Trinajstić information content (AvgIpc) is 3.50.